The van der Waals surface area contributed by atoms with Crippen LogP contribution in [0.2, 0.25) is 0 Å². The molecule has 2 aromatic heterocycles. The molecule has 0 aliphatic rings. The van der Waals surface area contributed by atoms with Crippen molar-refractivity contribution in [2.45, 2.75) is 13.3 Å². The van der Waals surface area contributed by atoms with Crippen LogP contribution in [0.1, 0.15) is 12.6 Å². The van der Waals surface area contributed by atoms with Crippen molar-refractivity contribution in [3.63, 3.8) is 0 Å². The molecule has 2 rings (SSSR count). The molecule has 0 unspecified atom stereocenters. The summed E-state index contributed by atoms with van der Waals surface area (Å²) in [5.41, 5.74) is 1.07. The molecule has 0 aliphatic carbocycles. The first-order valence-electron chi connectivity index (χ1n) is 4.29. The molecule has 0 saturated carbocycles. The second-order valence-corrected chi connectivity index (χ2v) is 2.98. The zero-order chi connectivity index (χ0) is 9.26. The Morgan fingerprint density at radius 2 is 2.31 bits per heavy atom. The maximum atomic E-state index is 9.15. The second-order valence-electron chi connectivity index (χ2n) is 2.98. The molecule has 13 heavy (non-hydrogen) atoms. The molecule has 0 aromatic carbocycles. The van der Waals surface area contributed by atoms with Gasteiger partial charge in [-0.05, 0) is 17.9 Å². The lowest BCUT2D eigenvalue weighted by molar-refractivity contribution is -0.903. The predicted octanol–water partition coefficient (Wildman–Crippen LogP) is 1.32. The standard InChI is InChI=1S/C10H11N2O/c1-2-10-5-8-3-4-12(13)7-9(8)6-11-10/h3-7,13H,2H2,1H3/q+1. The Labute approximate surface area is 76.2 Å². The van der Waals surface area contributed by atoms with Crippen molar-refractivity contribution in [3.05, 3.63) is 36.4 Å². The van der Waals surface area contributed by atoms with Gasteiger partial charge in [0.1, 0.15) is 0 Å². The molecule has 2 heterocycles. The Kier molecular flexibility index (Phi) is 1.85. The van der Waals surface area contributed by atoms with Gasteiger partial charge in [0, 0.05) is 22.7 Å². The average Bonchev–Trinajstić information content (AvgIpc) is 2.17. The van der Waals surface area contributed by atoms with Crippen molar-refractivity contribution < 1.29 is 9.94 Å². The van der Waals surface area contributed by atoms with Gasteiger partial charge >= 0.3 is 0 Å². The number of aryl methyl sites for hydroxylation is 1. The Morgan fingerprint density at radius 3 is 3.08 bits per heavy atom. The Balaban J connectivity index is 2.66. The summed E-state index contributed by atoms with van der Waals surface area (Å²) < 4.78 is 1.04. The van der Waals surface area contributed by atoms with Crippen LogP contribution in [0.4, 0.5) is 0 Å². The fourth-order valence-corrected chi connectivity index (χ4v) is 1.31. The van der Waals surface area contributed by atoms with Crippen LogP contribution < -0.4 is 4.73 Å². The number of aromatic nitrogens is 2. The number of fused-ring (bicyclic) bond motifs is 1. The van der Waals surface area contributed by atoms with Crippen LogP contribution in [-0.4, -0.2) is 10.2 Å². The minimum Gasteiger partial charge on any atom is -0.285 e. The van der Waals surface area contributed by atoms with Crippen molar-refractivity contribution in [3.8, 4) is 0 Å². The van der Waals surface area contributed by atoms with E-state index < -0.39 is 0 Å². The quantitative estimate of drug-likeness (QED) is 0.524. The van der Waals surface area contributed by atoms with Gasteiger partial charge in [-0.1, -0.05) is 6.92 Å². The average molecular weight is 175 g/mol. The highest BCUT2D eigenvalue weighted by Gasteiger charge is 2.01. The molecule has 0 bridgehead atoms. The van der Waals surface area contributed by atoms with E-state index >= 15 is 0 Å². The number of rotatable bonds is 1. The summed E-state index contributed by atoms with van der Waals surface area (Å²) in [6.45, 7) is 2.07. The van der Waals surface area contributed by atoms with E-state index in [1.165, 1.54) is 0 Å². The molecule has 3 nitrogen and oxygen atoms in total. The van der Waals surface area contributed by atoms with Gasteiger partial charge in [0.05, 0.1) is 5.39 Å². The van der Waals surface area contributed by atoms with Crippen LogP contribution in [-0.2, 0) is 6.42 Å². The van der Waals surface area contributed by atoms with Gasteiger partial charge in [0.15, 0.2) is 0 Å². The predicted molar refractivity (Wildman–Crippen MR) is 48.5 cm³/mol. The summed E-state index contributed by atoms with van der Waals surface area (Å²) in [5, 5.41) is 11.2. The van der Waals surface area contributed by atoms with Crippen LogP contribution in [0.25, 0.3) is 10.8 Å². The van der Waals surface area contributed by atoms with Crippen LogP contribution in [0.5, 0.6) is 0 Å². The largest absolute Gasteiger partial charge is 0.285 e. The van der Waals surface area contributed by atoms with Crippen molar-refractivity contribution in [1.29, 1.82) is 0 Å². The first-order chi connectivity index (χ1) is 6.29. The van der Waals surface area contributed by atoms with E-state index in [0.717, 1.165) is 27.6 Å². The molecule has 0 amide bonds. The molecule has 2 aromatic rings. The highest BCUT2D eigenvalue weighted by atomic mass is 16.5. The number of pyridine rings is 2. The summed E-state index contributed by atoms with van der Waals surface area (Å²) in [4.78, 5) is 4.24. The number of hydrogen-bond acceptors (Lipinski definition) is 2. The molecule has 66 valence electrons. The zero-order valence-electron chi connectivity index (χ0n) is 7.44. The minimum atomic E-state index is 0.934. The normalized spacial score (nSPS) is 10.5. The molecule has 1 N–H and O–H groups in total. The SMILES string of the molecule is CCc1cc2cc[n+](O)cc2cn1. The molecule has 0 fully saturated rings. The fraction of sp³-hybridized carbons (Fsp3) is 0.200. The molecule has 0 atom stereocenters. The van der Waals surface area contributed by atoms with Crippen LogP contribution in [0.15, 0.2) is 30.7 Å². The monoisotopic (exact) mass is 175 g/mol. The third kappa shape index (κ3) is 1.45. The Morgan fingerprint density at radius 1 is 1.46 bits per heavy atom. The molecule has 3 heteroatoms. The summed E-state index contributed by atoms with van der Waals surface area (Å²) in [5.74, 6) is 0. The Hall–Kier alpha value is -1.64. The molecular weight excluding hydrogens is 164 g/mol. The second kappa shape index (κ2) is 3.01. The van der Waals surface area contributed by atoms with E-state index in [0.29, 0.717) is 0 Å². The first-order valence-corrected chi connectivity index (χ1v) is 4.29. The van der Waals surface area contributed by atoms with Gasteiger partial charge in [-0.3, -0.25) is 10.2 Å². The van der Waals surface area contributed by atoms with E-state index in [2.05, 4.69) is 11.9 Å². The number of nitrogens with zero attached hydrogens (tertiary/aromatic N) is 2. The lowest BCUT2D eigenvalue weighted by Gasteiger charge is -1.97. The molecule has 0 aliphatic heterocycles. The first kappa shape index (κ1) is 7.98. The fourth-order valence-electron chi connectivity index (χ4n) is 1.31. The number of hydrogen-bond donors (Lipinski definition) is 1. The maximum Gasteiger partial charge on any atom is 0.231 e. The highest BCUT2D eigenvalue weighted by Crippen LogP contribution is 2.11. The van der Waals surface area contributed by atoms with E-state index in [1.807, 2.05) is 12.1 Å². The van der Waals surface area contributed by atoms with E-state index in [-0.39, 0.29) is 0 Å². The molecule has 0 saturated heterocycles. The van der Waals surface area contributed by atoms with E-state index in [1.54, 1.807) is 18.6 Å². The third-order valence-electron chi connectivity index (χ3n) is 2.07. The van der Waals surface area contributed by atoms with Gasteiger partial charge in [0.25, 0.3) is 0 Å². The van der Waals surface area contributed by atoms with Crippen molar-refractivity contribution in [2.24, 2.45) is 0 Å². The zero-order valence-corrected chi connectivity index (χ0v) is 7.44. The van der Waals surface area contributed by atoms with E-state index in [4.69, 9.17) is 5.21 Å². The molecule has 0 radical (unpaired) electrons. The maximum absolute atomic E-state index is 9.15. The van der Waals surface area contributed by atoms with Gasteiger partial charge in [-0.2, -0.15) is 0 Å². The van der Waals surface area contributed by atoms with Crippen LogP contribution >= 0.6 is 0 Å². The Bertz CT molecular complexity index is 440. The molecule has 0 spiro atoms. The van der Waals surface area contributed by atoms with Crippen molar-refractivity contribution >= 4 is 10.8 Å². The van der Waals surface area contributed by atoms with Gasteiger partial charge < -0.3 is 0 Å². The van der Waals surface area contributed by atoms with Crippen molar-refractivity contribution in [2.75, 3.05) is 0 Å². The third-order valence-corrected chi connectivity index (χ3v) is 2.07. The van der Waals surface area contributed by atoms with E-state index in [9.17, 15) is 0 Å². The lowest BCUT2D eigenvalue weighted by Crippen LogP contribution is -2.27. The summed E-state index contributed by atoms with van der Waals surface area (Å²) in [7, 11) is 0. The van der Waals surface area contributed by atoms with Crippen LogP contribution in [0.3, 0.4) is 0 Å². The lowest BCUT2D eigenvalue weighted by atomic mass is 10.2. The summed E-state index contributed by atoms with van der Waals surface area (Å²) >= 11 is 0. The molecular formula is C10H11N2O+. The summed E-state index contributed by atoms with van der Waals surface area (Å²) in [6.07, 6.45) is 5.97. The minimum absolute atomic E-state index is 0.934. The van der Waals surface area contributed by atoms with Gasteiger partial charge in [0.2, 0.25) is 12.4 Å². The van der Waals surface area contributed by atoms with Crippen molar-refractivity contribution in [1.82, 2.24) is 4.98 Å². The summed E-state index contributed by atoms with van der Waals surface area (Å²) in [6, 6.07) is 3.91. The van der Waals surface area contributed by atoms with Gasteiger partial charge in [-0.25, -0.2) is 0 Å². The smallest absolute Gasteiger partial charge is 0.231 e. The van der Waals surface area contributed by atoms with Crippen LogP contribution in [0, 0.1) is 0 Å². The van der Waals surface area contributed by atoms with Gasteiger partial charge in [-0.15, -0.1) is 0 Å². The highest BCUT2D eigenvalue weighted by molar-refractivity contribution is 5.79. The topological polar surface area (TPSA) is 37.0 Å².